The first-order valence-electron chi connectivity index (χ1n) is 14.0. The third-order valence-electron chi connectivity index (χ3n) is 7.73. The van der Waals surface area contributed by atoms with Gasteiger partial charge in [-0.25, -0.2) is 4.98 Å². The van der Waals surface area contributed by atoms with Gasteiger partial charge in [-0.3, -0.25) is 9.59 Å². The zero-order valence-electron chi connectivity index (χ0n) is 23.9. The smallest absolute Gasteiger partial charge is 0.256 e. The predicted molar refractivity (Wildman–Crippen MR) is 171 cm³/mol. The lowest BCUT2D eigenvalue weighted by molar-refractivity contribution is -0.117. The molecule has 7 heteroatoms. The molecule has 2 aromatic heterocycles. The van der Waals surface area contributed by atoms with E-state index >= 15 is 0 Å². The molecule has 6 rings (SSSR count). The summed E-state index contributed by atoms with van der Waals surface area (Å²) < 4.78 is 2.09. The minimum atomic E-state index is -0.162. The lowest BCUT2D eigenvalue weighted by Crippen LogP contribution is -2.30. The maximum atomic E-state index is 13.4. The van der Waals surface area contributed by atoms with Crippen molar-refractivity contribution in [2.75, 3.05) is 23.0 Å². The fourth-order valence-electron chi connectivity index (χ4n) is 5.61. The van der Waals surface area contributed by atoms with Crippen LogP contribution in [-0.4, -0.2) is 34.2 Å². The molecule has 0 radical (unpaired) electrons. The third-order valence-corrected chi connectivity index (χ3v) is 8.47. The highest BCUT2D eigenvalue weighted by Gasteiger charge is 2.26. The van der Waals surface area contributed by atoms with Gasteiger partial charge in [0, 0.05) is 39.8 Å². The SMILES string of the molecule is CSc1ccc(-c2ccccc2C(=O)Nc2ccc3c(c2)CCN3C(=O)Cc2cccc(-n3c(C)ccc3C)n2)cc1. The van der Waals surface area contributed by atoms with Crippen LogP contribution in [0.1, 0.15) is 33.0 Å². The standard InChI is InChI=1S/C35H32N4O2S/c1-23-11-12-24(2)39(23)33-10-6-7-27(36-33)22-34(40)38-20-19-26-21-28(15-18-32(26)38)37-35(41)31-9-5-4-8-30(31)25-13-16-29(42-3)17-14-25/h4-18,21H,19-20,22H2,1-3H3,(H,37,41). The number of hydrogen-bond acceptors (Lipinski definition) is 4. The second kappa shape index (κ2) is 11.7. The van der Waals surface area contributed by atoms with Crippen molar-refractivity contribution in [1.29, 1.82) is 0 Å². The van der Waals surface area contributed by atoms with Gasteiger partial charge in [-0.15, -0.1) is 11.8 Å². The number of carbonyl (C=O) groups is 2. The molecule has 0 saturated heterocycles. The number of nitrogens with one attached hydrogen (secondary N) is 1. The molecule has 0 saturated carbocycles. The van der Waals surface area contributed by atoms with E-state index in [0.717, 1.165) is 51.7 Å². The van der Waals surface area contributed by atoms with E-state index in [-0.39, 0.29) is 18.2 Å². The van der Waals surface area contributed by atoms with Crippen LogP contribution in [0.25, 0.3) is 16.9 Å². The highest BCUT2D eigenvalue weighted by molar-refractivity contribution is 7.98. The Labute approximate surface area is 250 Å². The van der Waals surface area contributed by atoms with Gasteiger partial charge in [0.1, 0.15) is 5.82 Å². The second-order valence-electron chi connectivity index (χ2n) is 10.5. The average Bonchev–Trinajstić information content (AvgIpc) is 3.59. The van der Waals surface area contributed by atoms with Crippen molar-refractivity contribution >= 4 is 35.0 Å². The number of hydrogen-bond donors (Lipinski definition) is 1. The molecule has 0 aliphatic carbocycles. The lowest BCUT2D eigenvalue weighted by Gasteiger charge is -2.18. The van der Waals surface area contributed by atoms with Gasteiger partial charge >= 0.3 is 0 Å². The van der Waals surface area contributed by atoms with Gasteiger partial charge in [-0.05, 0) is 104 Å². The van der Waals surface area contributed by atoms with Crippen molar-refractivity contribution in [3.63, 3.8) is 0 Å². The Balaban J connectivity index is 1.16. The zero-order valence-corrected chi connectivity index (χ0v) is 24.7. The van der Waals surface area contributed by atoms with Crippen LogP contribution < -0.4 is 10.2 Å². The number of anilines is 2. The summed E-state index contributed by atoms with van der Waals surface area (Å²) in [5, 5.41) is 3.07. The largest absolute Gasteiger partial charge is 0.322 e. The Kier molecular flexibility index (Phi) is 7.68. The first kappa shape index (κ1) is 27.5. The highest BCUT2D eigenvalue weighted by atomic mass is 32.2. The maximum absolute atomic E-state index is 13.4. The second-order valence-corrected chi connectivity index (χ2v) is 11.4. The number of pyridine rings is 1. The number of carbonyl (C=O) groups excluding carboxylic acids is 2. The Morgan fingerprint density at radius 3 is 2.40 bits per heavy atom. The van der Waals surface area contributed by atoms with Crippen molar-refractivity contribution in [3.05, 3.63) is 125 Å². The number of amides is 2. The summed E-state index contributed by atoms with van der Waals surface area (Å²) in [7, 11) is 0. The first-order chi connectivity index (χ1) is 20.4. The molecule has 6 nitrogen and oxygen atoms in total. The zero-order chi connectivity index (χ0) is 29.2. The van der Waals surface area contributed by atoms with E-state index in [1.165, 1.54) is 4.90 Å². The molecule has 210 valence electrons. The minimum Gasteiger partial charge on any atom is -0.322 e. The van der Waals surface area contributed by atoms with Crippen LogP contribution in [0.15, 0.2) is 102 Å². The van der Waals surface area contributed by atoms with Crippen LogP contribution >= 0.6 is 11.8 Å². The van der Waals surface area contributed by atoms with E-state index in [1.54, 1.807) is 11.8 Å². The molecule has 0 bridgehead atoms. The third kappa shape index (κ3) is 5.48. The minimum absolute atomic E-state index is 0.0116. The molecule has 0 spiro atoms. The summed E-state index contributed by atoms with van der Waals surface area (Å²) in [5.41, 5.74) is 8.10. The molecule has 1 aliphatic heterocycles. The van der Waals surface area contributed by atoms with E-state index in [4.69, 9.17) is 4.98 Å². The molecule has 0 fully saturated rings. The van der Waals surface area contributed by atoms with E-state index in [2.05, 4.69) is 34.1 Å². The van der Waals surface area contributed by atoms with Gasteiger partial charge in [-0.2, -0.15) is 0 Å². The van der Waals surface area contributed by atoms with Crippen molar-refractivity contribution in [2.45, 2.75) is 31.6 Å². The van der Waals surface area contributed by atoms with Gasteiger partial charge in [-0.1, -0.05) is 36.4 Å². The number of thioether (sulfide) groups is 1. The van der Waals surface area contributed by atoms with Crippen LogP contribution in [-0.2, 0) is 17.6 Å². The highest BCUT2D eigenvalue weighted by Crippen LogP contribution is 2.32. The van der Waals surface area contributed by atoms with Crippen molar-refractivity contribution < 1.29 is 9.59 Å². The van der Waals surface area contributed by atoms with Gasteiger partial charge < -0.3 is 14.8 Å². The molecule has 0 atom stereocenters. The number of aromatic nitrogens is 2. The monoisotopic (exact) mass is 572 g/mol. The molecular weight excluding hydrogens is 540 g/mol. The summed E-state index contributed by atoms with van der Waals surface area (Å²) in [6.45, 7) is 4.71. The molecule has 42 heavy (non-hydrogen) atoms. The molecule has 5 aromatic rings. The van der Waals surface area contributed by atoms with Gasteiger partial charge in [0.2, 0.25) is 5.91 Å². The Bertz CT molecular complexity index is 1770. The summed E-state index contributed by atoms with van der Waals surface area (Å²) in [6.07, 6.45) is 3.00. The number of benzene rings is 3. The summed E-state index contributed by atoms with van der Waals surface area (Å²) in [5.74, 6) is 0.670. The quantitative estimate of drug-likeness (QED) is 0.209. The summed E-state index contributed by atoms with van der Waals surface area (Å²) >= 11 is 1.69. The normalized spacial score (nSPS) is 12.3. The Morgan fingerprint density at radius 2 is 1.64 bits per heavy atom. The van der Waals surface area contributed by atoms with Gasteiger partial charge in [0.25, 0.3) is 5.91 Å². The van der Waals surface area contributed by atoms with E-state index in [0.29, 0.717) is 17.8 Å². The van der Waals surface area contributed by atoms with Crippen molar-refractivity contribution in [2.24, 2.45) is 0 Å². The van der Waals surface area contributed by atoms with Crippen LogP contribution in [0.5, 0.6) is 0 Å². The predicted octanol–water partition coefficient (Wildman–Crippen LogP) is 7.26. The molecule has 2 amide bonds. The van der Waals surface area contributed by atoms with E-state index in [1.807, 2.05) is 97.8 Å². The molecular formula is C35H32N4O2S. The van der Waals surface area contributed by atoms with Crippen LogP contribution in [0.4, 0.5) is 11.4 Å². The Hall–Kier alpha value is -4.62. The van der Waals surface area contributed by atoms with Crippen LogP contribution in [0.2, 0.25) is 0 Å². The number of aryl methyl sites for hydroxylation is 2. The number of rotatable bonds is 7. The summed E-state index contributed by atoms with van der Waals surface area (Å²) in [4.78, 5) is 34.5. The van der Waals surface area contributed by atoms with Gasteiger partial charge in [0.15, 0.2) is 0 Å². The Morgan fingerprint density at radius 1 is 0.881 bits per heavy atom. The topological polar surface area (TPSA) is 67.2 Å². The first-order valence-corrected chi connectivity index (χ1v) is 15.2. The maximum Gasteiger partial charge on any atom is 0.256 e. The van der Waals surface area contributed by atoms with Crippen molar-refractivity contribution in [3.8, 4) is 16.9 Å². The van der Waals surface area contributed by atoms with E-state index in [9.17, 15) is 9.59 Å². The van der Waals surface area contributed by atoms with Gasteiger partial charge in [0.05, 0.1) is 12.1 Å². The number of nitrogens with zero attached hydrogens (tertiary/aromatic N) is 3. The average molecular weight is 573 g/mol. The fourth-order valence-corrected chi connectivity index (χ4v) is 6.02. The van der Waals surface area contributed by atoms with Crippen LogP contribution in [0, 0.1) is 13.8 Å². The lowest BCUT2D eigenvalue weighted by atomic mass is 9.99. The molecule has 0 unspecified atom stereocenters. The summed E-state index contributed by atoms with van der Waals surface area (Å²) in [6, 6.07) is 31.6. The molecule has 3 aromatic carbocycles. The molecule has 1 aliphatic rings. The fraction of sp³-hybridized carbons (Fsp3) is 0.171. The van der Waals surface area contributed by atoms with Crippen LogP contribution in [0.3, 0.4) is 0 Å². The molecule has 1 N–H and O–H groups in total. The molecule has 3 heterocycles. The van der Waals surface area contributed by atoms with E-state index < -0.39 is 0 Å². The van der Waals surface area contributed by atoms with Crippen molar-refractivity contribution in [1.82, 2.24) is 9.55 Å². The number of fused-ring (bicyclic) bond motifs is 1.